The number of likely N-dealkylation sites (N-methyl/N-ethyl adjacent to an activating group) is 1. The van der Waals surface area contributed by atoms with Crippen LogP contribution in [0.1, 0.15) is 49.9 Å². The van der Waals surface area contributed by atoms with E-state index in [1.807, 2.05) is 7.05 Å². The Balaban J connectivity index is 1.58. The average Bonchev–Trinajstić information content (AvgIpc) is 3.71. The molecule has 194 valence electrons. The van der Waals surface area contributed by atoms with Gasteiger partial charge in [-0.05, 0) is 56.6 Å². The van der Waals surface area contributed by atoms with Crippen LogP contribution in [0.15, 0.2) is 18.2 Å². The van der Waals surface area contributed by atoms with Crippen LogP contribution < -0.4 is 10.1 Å². The Morgan fingerprint density at radius 3 is 2.57 bits per heavy atom. The smallest absolute Gasteiger partial charge is 0.257 e. The van der Waals surface area contributed by atoms with Crippen molar-refractivity contribution >= 4 is 17.5 Å². The third kappa shape index (κ3) is 6.74. The fourth-order valence-electron chi connectivity index (χ4n) is 5.03. The Morgan fingerprint density at radius 2 is 1.89 bits per heavy atom. The molecule has 1 saturated carbocycles. The molecule has 2 heterocycles. The van der Waals surface area contributed by atoms with Gasteiger partial charge in [0.15, 0.2) is 0 Å². The molecule has 3 atom stereocenters. The van der Waals surface area contributed by atoms with Crippen LogP contribution >= 0.6 is 0 Å². The Hall–Kier alpha value is -2.16. The van der Waals surface area contributed by atoms with Crippen molar-refractivity contribution in [3.8, 4) is 5.75 Å². The van der Waals surface area contributed by atoms with E-state index in [4.69, 9.17) is 14.2 Å². The zero-order chi connectivity index (χ0) is 24.9. The number of nitrogens with one attached hydrogen (secondary N) is 1. The van der Waals surface area contributed by atoms with Crippen LogP contribution in [0.2, 0.25) is 0 Å². The van der Waals surface area contributed by atoms with E-state index in [-0.39, 0.29) is 35.8 Å². The van der Waals surface area contributed by atoms with Gasteiger partial charge < -0.3 is 24.4 Å². The largest absolute Gasteiger partial charge is 0.491 e. The topological polar surface area (TPSA) is 80.3 Å². The molecule has 1 saturated heterocycles. The van der Waals surface area contributed by atoms with Gasteiger partial charge in [0.1, 0.15) is 12.4 Å². The van der Waals surface area contributed by atoms with Crippen molar-refractivity contribution in [2.75, 3.05) is 58.9 Å². The van der Waals surface area contributed by atoms with E-state index in [0.717, 1.165) is 52.0 Å². The minimum Gasteiger partial charge on any atom is -0.491 e. The second kappa shape index (κ2) is 11.7. The summed E-state index contributed by atoms with van der Waals surface area (Å²) in [5, 5.41) is 2.98. The standard InChI is InChI=1S/C27H41N3O5/c1-18-14-30(15-20-9-11-34-12-10-20)19(2)17-35-24-13-22(28-26(31)21-5-6-21)7-8-23(24)27(32)29(3)16-25(18)33-4/h7-8,13,18-21,25H,5-6,9-12,14-17H2,1-4H3,(H,28,31)/t18-,19+,25+/m0/s1. The lowest BCUT2D eigenvalue weighted by atomic mass is 9.96. The highest BCUT2D eigenvalue weighted by atomic mass is 16.5. The molecule has 1 aromatic carbocycles. The first-order chi connectivity index (χ1) is 16.9. The molecule has 0 radical (unpaired) electrons. The number of hydrogen-bond donors (Lipinski definition) is 1. The number of benzene rings is 1. The normalized spacial score (nSPS) is 27.4. The number of anilines is 1. The van der Waals surface area contributed by atoms with Gasteiger partial charge in [-0.15, -0.1) is 0 Å². The van der Waals surface area contributed by atoms with Crippen molar-refractivity contribution in [1.82, 2.24) is 9.80 Å². The quantitative estimate of drug-likeness (QED) is 0.687. The maximum atomic E-state index is 13.4. The average molecular weight is 488 g/mol. The third-order valence-corrected chi connectivity index (χ3v) is 7.63. The van der Waals surface area contributed by atoms with Gasteiger partial charge >= 0.3 is 0 Å². The fraction of sp³-hybridized carbons (Fsp3) is 0.704. The molecule has 1 aliphatic carbocycles. The summed E-state index contributed by atoms with van der Waals surface area (Å²) in [7, 11) is 3.53. The lowest BCUT2D eigenvalue weighted by Crippen LogP contribution is -2.48. The van der Waals surface area contributed by atoms with Gasteiger partial charge in [0.05, 0.1) is 11.7 Å². The molecule has 0 unspecified atom stereocenters. The van der Waals surface area contributed by atoms with Crippen LogP contribution in [0.4, 0.5) is 5.69 Å². The number of ether oxygens (including phenoxy) is 3. The van der Waals surface area contributed by atoms with Crippen LogP contribution in [0, 0.1) is 17.8 Å². The van der Waals surface area contributed by atoms with Gasteiger partial charge in [0.25, 0.3) is 5.91 Å². The summed E-state index contributed by atoms with van der Waals surface area (Å²) in [5.41, 5.74) is 1.17. The van der Waals surface area contributed by atoms with Crippen LogP contribution in [0.5, 0.6) is 5.75 Å². The molecular weight excluding hydrogens is 446 g/mol. The lowest BCUT2D eigenvalue weighted by Gasteiger charge is -2.38. The molecule has 0 bridgehead atoms. The van der Waals surface area contributed by atoms with Gasteiger partial charge in [-0.3, -0.25) is 14.5 Å². The van der Waals surface area contributed by atoms with Crippen molar-refractivity contribution < 1.29 is 23.8 Å². The summed E-state index contributed by atoms with van der Waals surface area (Å²) in [6, 6.07) is 5.50. The number of fused-ring (bicyclic) bond motifs is 1. The summed E-state index contributed by atoms with van der Waals surface area (Å²) >= 11 is 0. The Kier molecular flexibility index (Phi) is 8.68. The molecular formula is C27H41N3O5. The summed E-state index contributed by atoms with van der Waals surface area (Å²) in [4.78, 5) is 29.9. The van der Waals surface area contributed by atoms with Crippen LogP contribution in [0.3, 0.4) is 0 Å². The van der Waals surface area contributed by atoms with Crippen molar-refractivity contribution in [1.29, 1.82) is 0 Å². The molecule has 4 rings (SSSR count). The highest BCUT2D eigenvalue weighted by Gasteiger charge is 2.31. The predicted octanol–water partition coefficient (Wildman–Crippen LogP) is 3.27. The number of carbonyl (C=O) groups excluding carboxylic acids is 2. The zero-order valence-electron chi connectivity index (χ0n) is 21.6. The number of amides is 2. The molecule has 35 heavy (non-hydrogen) atoms. The Bertz CT molecular complexity index is 884. The van der Waals surface area contributed by atoms with Gasteiger partial charge in [-0.1, -0.05) is 6.92 Å². The van der Waals surface area contributed by atoms with Crippen LogP contribution in [-0.4, -0.2) is 87.4 Å². The highest BCUT2D eigenvalue weighted by molar-refractivity contribution is 5.99. The maximum Gasteiger partial charge on any atom is 0.257 e. The Labute approximate surface area is 209 Å². The molecule has 1 aromatic rings. The first-order valence-corrected chi connectivity index (χ1v) is 13.0. The van der Waals surface area contributed by atoms with E-state index in [2.05, 4.69) is 24.1 Å². The number of nitrogens with zero attached hydrogens (tertiary/aromatic N) is 2. The second-order valence-corrected chi connectivity index (χ2v) is 10.6. The zero-order valence-corrected chi connectivity index (χ0v) is 21.6. The fourth-order valence-corrected chi connectivity index (χ4v) is 5.03. The van der Waals surface area contributed by atoms with Gasteiger partial charge in [0, 0.05) is 70.7 Å². The van der Waals surface area contributed by atoms with Crippen molar-refractivity contribution in [2.45, 2.75) is 51.7 Å². The minimum absolute atomic E-state index is 0.0366. The van der Waals surface area contributed by atoms with E-state index in [9.17, 15) is 9.59 Å². The number of methoxy groups -OCH3 is 1. The summed E-state index contributed by atoms with van der Waals surface area (Å²) in [6.07, 6.45) is 3.97. The van der Waals surface area contributed by atoms with E-state index < -0.39 is 0 Å². The van der Waals surface area contributed by atoms with Crippen molar-refractivity contribution in [2.24, 2.45) is 17.8 Å². The van der Waals surface area contributed by atoms with E-state index >= 15 is 0 Å². The molecule has 0 aromatic heterocycles. The van der Waals surface area contributed by atoms with Gasteiger partial charge in [-0.25, -0.2) is 0 Å². The van der Waals surface area contributed by atoms with Crippen molar-refractivity contribution in [3.05, 3.63) is 23.8 Å². The maximum absolute atomic E-state index is 13.4. The van der Waals surface area contributed by atoms with Gasteiger partial charge in [0.2, 0.25) is 5.91 Å². The van der Waals surface area contributed by atoms with Crippen LogP contribution in [0.25, 0.3) is 0 Å². The van der Waals surface area contributed by atoms with Crippen molar-refractivity contribution in [3.63, 3.8) is 0 Å². The number of rotatable bonds is 5. The SMILES string of the molecule is CO[C@@H]1CN(C)C(=O)c2ccc(NC(=O)C3CC3)cc2OC[C@@H](C)N(CC2CCOCC2)C[C@@H]1C. The first kappa shape index (κ1) is 25.9. The van der Waals surface area contributed by atoms with Crippen LogP contribution in [-0.2, 0) is 14.3 Å². The molecule has 2 aliphatic heterocycles. The molecule has 3 aliphatic rings. The van der Waals surface area contributed by atoms with E-state index in [1.165, 1.54) is 0 Å². The highest BCUT2D eigenvalue weighted by Crippen LogP contribution is 2.32. The first-order valence-electron chi connectivity index (χ1n) is 13.0. The molecule has 8 nitrogen and oxygen atoms in total. The monoisotopic (exact) mass is 487 g/mol. The lowest BCUT2D eigenvalue weighted by molar-refractivity contribution is -0.117. The number of carbonyl (C=O) groups is 2. The molecule has 2 amide bonds. The second-order valence-electron chi connectivity index (χ2n) is 10.6. The molecule has 2 fully saturated rings. The molecule has 1 N–H and O–H groups in total. The molecule has 0 spiro atoms. The summed E-state index contributed by atoms with van der Waals surface area (Å²) in [5.74, 6) is 1.40. The summed E-state index contributed by atoms with van der Waals surface area (Å²) in [6.45, 7) is 8.86. The van der Waals surface area contributed by atoms with Gasteiger partial charge in [-0.2, -0.15) is 0 Å². The predicted molar refractivity (Wildman–Crippen MR) is 135 cm³/mol. The van der Waals surface area contributed by atoms with E-state index in [0.29, 0.717) is 36.1 Å². The van der Waals surface area contributed by atoms with E-state index in [1.54, 1.807) is 30.2 Å². The minimum atomic E-state index is -0.110. The molecule has 8 heteroatoms. The third-order valence-electron chi connectivity index (χ3n) is 7.63. The number of hydrogen-bond acceptors (Lipinski definition) is 6. The Morgan fingerprint density at radius 1 is 1.14 bits per heavy atom. The summed E-state index contributed by atoms with van der Waals surface area (Å²) < 4.78 is 17.7.